The lowest BCUT2D eigenvalue weighted by molar-refractivity contribution is 0.111. The van der Waals surface area contributed by atoms with Crippen molar-refractivity contribution in [2.45, 2.75) is 18.6 Å². The average molecular weight is 261 g/mol. The molecule has 2 aromatic rings. The van der Waals surface area contributed by atoms with Gasteiger partial charge in [0.1, 0.15) is 11.8 Å². The highest BCUT2D eigenvalue weighted by molar-refractivity contribution is 5.81. The predicted molar refractivity (Wildman–Crippen MR) is 69.1 cm³/mol. The lowest BCUT2D eigenvalue weighted by Crippen LogP contribution is -2.17. The van der Waals surface area contributed by atoms with Gasteiger partial charge >= 0.3 is 0 Å². The maximum absolute atomic E-state index is 10.0. The zero-order valence-corrected chi connectivity index (χ0v) is 10.3. The van der Waals surface area contributed by atoms with Gasteiger partial charge in [-0.2, -0.15) is 0 Å². The van der Waals surface area contributed by atoms with Crippen molar-refractivity contribution in [3.63, 3.8) is 0 Å². The van der Waals surface area contributed by atoms with Crippen LogP contribution in [0.4, 0.5) is 5.82 Å². The van der Waals surface area contributed by atoms with Gasteiger partial charge in [0.05, 0.1) is 18.5 Å². The number of aliphatic hydroxyl groups is 2. The SMILES string of the molecule is C=C1C(O)[C@@H](CO)C[C@H]1n1cnc2c(N)ncnc21. The van der Waals surface area contributed by atoms with Crippen LogP contribution in [0.3, 0.4) is 0 Å². The number of hydrogen-bond donors (Lipinski definition) is 3. The number of anilines is 1. The van der Waals surface area contributed by atoms with E-state index in [2.05, 4.69) is 21.5 Å². The third-order valence-electron chi connectivity index (χ3n) is 3.74. The zero-order chi connectivity index (χ0) is 13.6. The van der Waals surface area contributed by atoms with Crippen molar-refractivity contribution in [2.75, 3.05) is 12.3 Å². The summed E-state index contributed by atoms with van der Waals surface area (Å²) in [6.07, 6.45) is 2.91. The molecule has 1 aliphatic rings. The fourth-order valence-corrected chi connectivity index (χ4v) is 2.63. The first-order chi connectivity index (χ1) is 9.13. The van der Waals surface area contributed by atoms with E-state index in [9.17, 15) is 10.2 Å². The van der Waals surface area contributed by atoms with Gasteiger partial charge in [0.2, 0.25) is 0 Å². The molecule has 3 atom stereocenters. The highest BCUT2D eigenvalue weighted by Gasteiger charge is 2.37. The first kappa shape index (κ1) is 12.1. The molecule has 7 heteroatoms. The van der Waals surface area contributed by atoms with Crippen LogP contribution in [0.2, 0.25) is 0 Å². The molecule has 0 spiro atoms. The van der Waals surface area contributed by atoms with Crippen LogP contribution < -0.4 is 5.73 Å². The van der Waals surface area contributed by atoms with Crippen molar-refractivity contribution in [1.29, 1.82) is 0 Å². The number of fused-ring (bicyclic) bond motifs is 1. The molecule has 100 valence electrons. The lowest BCUT2D eigenvalue weighted by Gasteiger charge is -2.14. The van der Waals surface area contributed by atoms with Gasteiger partial charge in [-0.25, -0.2) is 15.0 Å². The molecule has 0 aromatic carbocycles. The minimum absolute atomic E-state index is 0.0690. The van der Waals surface area contributed by atoms with Crippen molar-refractivity contribution in [3.8, 4) is 0 Å². The van der Waals surface area contributed by atoms with Gasteiger partial charge in [-0.05, 0) is 12.0 Å². The van der Waals surface area contributed by atoms with Gasteiger partial charge in [-0.15, -0.1) is 0 Å². The Kier molecular flexibility index (Phi) is 2.72. The molecule has 4 N–H and O–H groups in total. The minimum Gasteiger partial charge on any atom is -0.396 e. The Labute approximate surface area is 109 Å². The zero-order valence-electron chi connectivity index (χ0n) is 10.3. The number of aliphatic hydroxyl groups excluding tert-OH is 2. The Morgan fingerprint density at radius 1 is 1.42 bits per heavy atom. The van der Waals surface area contributed by atoms with Crippen LogP contribution >= 0.6 is 0 Å². The minimum atomic E-state index is -0.702. The fourth-order valence-electron chi connectivity index (χ4n) is 2.63. The van der Waals surface area contributed by atoms with Crippen LogP contribution in [-0.4, -0.2) is 42.4 Å². The van der Waals surface area contributed by atoms with Gasteiger partial charge < -0.3 is 20.5 Å². The third-order valence-corrected chi connectivity index (χ3v) is 3.74. The Morgan fingerprint density at radius 2 is 2.21 bits per heavy atom. The van der Waals surface area contributed by atoms with E-state index < -0.39 is 6.10 Å². The summed E-state index contributed by atoms with van der Waals surface area (Å²) in [5.74, 6) is 0.126. The summed E-state index contributed by atoms with van der Waals surface area (Å²) >= 11 is 0. The second-order valence-electron chi connectivity index (χ2n) is 4.80. The predicted octanol–water partition coefficient (Wildman–Crippen LogP) is -0.121. The number of nitrogen functional groups attached to an aromatic ring is 1. The Morgan fingerprint density at radius 3 is 2.89 bits per heavy atom. The first-order valence-corrected chi connectivity index (χ1v) is 6.04. The summed E-state index contributed by atoms with van der Waals surface area (Å²) in [6.45, 7) is 3.85. The van der Waals surface area contributed by atoms with E-state index in [0.717, 1.165) is 0 Å². The normalized spacial score (nSPS) is 27.3. The summed E-state index contributed by atoms with van der Waals surface area (Å²) in [7, 11) is 0. The monoisotopic (exact) mass is 261 g/mol. The first-order valence-electron chi connectivity index (χ1n) is 6.04. The molecule has 0 radical (unpaired) electrons. The van der Waals surface area contributed by atoms with Crippen LogP contribution in [0.1, 0.15) is 12.5 Å². The molecule has 3 rings (SSSR count). The average Bonchev–Trinajstić information content (AvgIpc) is 2.94. The Balaban J connectivity index is 2.06. The molecule has 1 unspecified atom stereocenters. The van der Waals surface area contributed by atoms with E-state index >= 15 is 0 Å². The Hall–Kier alpha value is -1.99. The van der Waals surface area contributed by atoms with Crippen LogP contribution in [-0.2, 0) is 0 Å². The molecule has 0 saturated heterocycles. The topological polar surface area (TPSA) is 110 Å². The van der Waals surface area contributed by atoms with E-state index in [1.807, 2.05) is 4.57 Å². The van der Waals surface area contributed by atoms with Crippen molar-refractivity contribution < 1.29 is 10.2 Å². The maximum Gasteiger partial charge on any atom is 0.165 e. The number of rotatable bonds is 2. The van der Waals surface area contributed by atoms with Gasteiger partial charge in [0.25, 0.3) is 0 Å². The maximum atomic E-state index is 10.0. The lowest BCUT2D eigenvalue weighted by atomic mass is 10.1. The van der Waals surface area contributed by atoms with E-state index in [1.54, 1.807) is 6.33 Å². The van der Waals surface area contributed by atoms with Crippen molar-refractivity contribution in [3.05, 3.63) is 24.8 Å². The second-order valence-corrected chi connectivity index (χ2v) is 4.80. The summed E-state index contributed by atoms with van der Waals surface area (Å²) in [6, 6.07) is -0.133. The summed E-state index contributed by atoms with van der Waals surface area (Å²) in [4.78, 5) is 12.3. The summed E-state index contributed by atoms with van der Waals surface area (Å²) < 4.78 is 1.83. The molecule has 0 aliphatic heterocycles. The molecule has 1 aliphatic carbocycles. The van der Waals surface area contributed by atoms with E-state index in [1.165, 1.54) is 6.33 Å². The number of aromatic nitrogens is 4. The highest BCUT2D eigenvalue weighted by atomic mass is 16.3. The summed E-state index contributed by atoms with van der Waals surface area (Å²) in [5, 5.41) is 19.3. The fraction of sp³-hybridized carbons (Fsp3) is 0.417. The molecular formula is C12H15N5O2. The van der Waals surface area contributed by atoms with Gasteiger partial charge in [-0.1, -0.05) is 6.58 Å². The largest absolute Gasteiger partial charge is 0.396 e. The molecule has 0 bridgehead atoms. The number of nitrogens with zero attached hydrogens (tertiary/aromatic N) is 4. The number of hydrogen-bond acceptors (Lipinski definition) is 6. The van der Waals surface area contributed by atoms with E-state index in [-0.39, 0.29) is 18.6 Å². The van der Waals surface area contributed by atoms with Crippen LogP contribution in [0.5, 0.6) is 0 Å². The van der Waals surface area contributed by atoms with Crippen molar-refractivity contribution >= 4 is 17.0 Å². The molecule has 2 aromatic heterocycles. The molecule has 1 fully saturated rings. The molecule has 7 nitrogen and oxygen atoms in total. The van der Waals surface area contributed by atoms with Crippen LogP contribution in [0.25, 0.3) is 11.2 Å². The summed E-state index contributed by atoms with van der Waals surface area (Å²) in [5.41, 5.74) is 7.56. The van der Waals surface area contributed by atoms with Crippen molar-refractivity contribution in [1.82, 2.24) is 19.5 Å². The standard InChI is InChI=1S/C12H15N5O2/c1-6-8(2-7(3-18)10(6)19)17-5-16-9-11(13)14-4-15-12(9)17/h4-5,7-8,10,18-19H,1-3H2,(H2,13,14,15)/t7-,8-,10?/m1/s1. The number of nitrogens with two attached hydrogens (primary N) is 1. The molecule has 1 saturated carbocycles. The quantitative estimate of drug-likeness (QED) is 0.650. The smallest absolute Gasteiger partial charge is 0.165 e. The van der Waals surface area contributed by atoms with E-state index in [0.29, 0.717) is 29.0 Å². The highest BCUT2D eigenvalue weighted by Crippen LogP contribution is 2.39. The molecule has 19 heavy (non-hydrogen) atoms. The van der Waals surface area contributed by atoms with Crippen molar-refractivity contribution in [2.24, 2.45) is 5.92 Å². The van der Waals surface area contributed by atoms with Gasteiger partial charge in [0, 0.05) is 12.5 Å². The second kappa shape index (κ2) is 4.29. The third kappa shape index (κ3) is 1.70. The van der Waals surface area contributed by atoms with E-state index in [4.69, 9.17) is 5.73 Å². The van der Waals surface area contributed by atoms with Gasteiger partial charge in [-0.3, -0.25) is 0 Å². The van der Waals surface area contributed by atoms with Crippen LogP contribution in [0.15, 0.2) is 24.8 Å². The molecule has 0 amide bonds. The number of imidazole rings is 1. The molecule has 2 heterocycles. The van der Waals surface area contributed by atoms with Gasteiger partial charge in [0.15, 0.2) is 11.5 Å². The van der Waals surface area contributed by atoms with Crippen LogP contribution in [0, 0.1) is 5.92 Å². The molecular weight excluding hydrogens is 246 g/mol. The Bertz CT molecular complexity index is 638.